The Morgan fingerprint density at radius 2 is 1.61 bits per heavy atom. The van der Waals surface area contributed by atoms with Crippen LogP contribution in [-0.4, -0.2) is 5.11 Å². The molecule has 2 rings (SSSR count). The van der Waals surface area contributed by atoms with Gasteiger partial charge in [-0.05, 0) is 36.1 Å². The van der Waals surface area contributed by atoms with Crippen LogP contribution < -0.4 is 0 Å². The Kier molecular flexibility index (Phi) is 3.63. The molecule has 0 saturated carbocycles. The van der Waals surface area contributed by atoms with Gasteiger partial charge in [0.05, 0.1) is 6.61 Å². The van der Waals surface area contributed by atoms with Crippen LogP contribution in [0.4, 0.5) is 0 Å². The van der Waals surface area contributed by atoms with Gasteiger partial charge in [-0.2, -0.15) is 0 Å². The van der Waals surface area contributed by atoms with Gasteiger partial charge in [0.2, 0.25) is 0 Å². The molecule has 0 radical (unpaired) electrons. The van der Waals surface area contributed by atoms with Crippen LogP contribution in [0.15, 0.2) is 49.0 Å². The molecule has 0 amide bonds. The van der Waals surface area contributed by atoms with Crippen LogP contribution in [0.25, 0.3) is 5.57 Å². The molecule has 18 heavy (non-hydrogen) atoms. The fourth-order valence-corrected chi connectivity index (χ4v) is 2.02. The molecule has 0 aromatic heterocycles. The average Bonchev–Trinajstić information content (AvgIpc) is 2.39. The fourth-order valence-electron chi connectivity index (χ4n) is 2.02. The highest BCUT2D eigenvalue weighted by molar-refractivity contribution is 5.80. The van der Waals surface area contributed by atoms with Crippen LogP contribution in [0.2, 0.25) is 0 Å². The molecule has 0 heterocycles. The maximum Gasteiger partial charge on any atom is 0.0687 e. The minimum atomic E-state index is 0.0422. The molecule has 0 bridgehead atoms. The summed E-state index contributed by atoms with van der Waals surface area (Å²) in [6.45, 7) is 8.32. The minimum absolute atomic E-state index is 0.0422. The molecule has 0 aliphatic rings. The van der Waals surface area contributed by atoms with Crippen molar-refractivity contribution in [3.05, 3.63) is 76.9 Å². The van der Waals surface area contributed by atoms with E-state index < -0.39 is 0 Å². The van der Waals surface area contributed by atoms with E-state index in [2.05, 4.69) is 43.8 Å². The van der Waals surface area contributed by atoms with Gasteiger partial charge in [-0.15, -0.1) is 0 Å². The first-order valence-corrected chi connectivity index (χ1v) is 6.08. The molecule has 1 heteroatoms. The van der Waals surface area contributed by atoms with E-state index in [4.69, 9.17) is 0 Å². The fraction of sp³-hybridized carbons (Fsp3) is 0.176. The second-order valence-corrected chi connectivity index (χ2v) is 4.66. The van der Waals surface area contributed by atoms with Gasteiger partial charge in [0, 0.05) is 0 Å². The number of benzene rings is 2. The zero-order valence-corrected chi connectivity index (χ0v) is 10.9. The first-order chi connectivity index (χ1) is 8.61. The van der Waals surface area contributed by atoms with Crippen LogP contribution >= 0.6 is 0 Å². The Morgan fingerprint density at radius 1 is 1.00 bits per heavy atom. The first kappa shape index (κ1) is 12.6. The summed E-state index contributed by atoms with van der Waals surface area (Å²) in [7, 11) is 0. The van der Waals surface area contributed by atoms with Crippen LogP contribution in [0, 0.1) is 13.8 Å². The zero-order chi connectivity index (χ0) is 13.1. The van der Waals surface area contributed by atoms with E-state index in [0.717, 1.165) is 22.3 Å². The summed E-state index contributed by atoms with van der Waals surface area (Å²) in [6.07, 6.45) is 0. The van der Waals surface area contributed by atoms with Crippen molar-refractivity contribution in [3.8, 4) is 0 Å². The summed E-state index contributed by atoms with van der Waals surface area (Å²) in [6, 6.07) is 14.3. The molecule has 1 nitrogen and oxygen atoms in total. The van der Waals surface area contributed by atoms with Crippen molar-refractivity contribution < 1.29 is 5.11 Å². The molecule has 1 N–H and O–H groups in total. The number of hydrogen-bond acceptors (Lipinski definition) is 1. The topological polar surface area (TPSA) is 20.2 Å². The van der Waals surface area contributed by atoms with Crippen molar-refractivity contribution in [2.45, 2.75) is 20.5 Å². The Balaban J connectivity index is 2.45. The molecule has 92 valence electrons. The second kappa shape index (κ2) is 5.19. The van der Waals surface area contributed by atoms with E-state index in [9.17, 15) is 5.11 Å². The maximum atomic E-state index is 9.41. The number of aliphatic hydroxyl groups is 1. The molecular weight excluding hydrogens is 220 g/mol. The quantitative estimate of drug-likeness (QED) is 0.861. The van der Waals surface area contributed by atoms with Crippen LogP contribution in [0.5, 0.6) is 0 Å². The average molecular weight is 238 g/mol. The van der Waals surface area contributed by atoms with Gasteiger partial charge < -0.3 is 5.11 Å². The molecule has 0 aliphatic heterocycles. The normalized spacial score (nSPS) is 10.4. The van der Waals surface area contributed by atoms with Gasteiger partial charge in [-0.1, -0.05) is 60.2 Å². The maximum absolute atomic E-state index is 9.41. The van der Waals surface area contributed by atoms with Crippen LogP contribution in [0.1, 0.15) is 27.8 Å². The summed E-state index contributed by atoms with van der Waals surface area (Å²) >= 11 is 0. The lowest BCUT2D eigenvalue weighted by Crippen LogP contribution is -1.95. The van der Waals surface area contributed by atoms with Gasteiger partial charge in [-0.25, -0.2) is 0 Å². The van der Waals surface area contributed by atoms with Crippen molar-refractivity contribution in [2.75, 3.05) is 0 Å². The lowest BCUT2D eigenvalue weighted by molar-refractivity contribution is 0.281. The van der Waals surface area contributed by atoms with E-state index in [0.29, 0.717) is 0 Å². The van der Waals surface area contributed by atoms with E-state index in [1.54, 1.807) is 0 Å². The second-order valence-electron chi connectivity index (χ2n) is 4.66. The van der Waals surface area contributed by atoms with E-state index >= 15 is 0 Å². The summed E-state index contributed by atoms with van der Waals surface area (Å²) in [5.74, 6) is 0. The third-order valence-electron chi connectivity index (χ3n) is 3.16. The standard InChI is InChI=1S/C17H18O/c1-12-4-7-15(8-5-12)14(3)17-10-13(2)6-9-16(17)11-18/h4-10,18H,3,11H2,1-2H3. The molecule has 0 aliphatic carbocycles. The Bertz CT molecular complexity index is 565. The largest absolute Gasteiger partial charge is 0.392 e. The smallest absolute Gasteiger partial charge is 0.0687 e. The van der Waals surface area contributed by atoms with Crippen molar-refractivity contribution in [1.29, 1.82) is 0 Å². The highest BCUT2D eigenvalue weighted by atomic mass is 16.3. The van der Waals surface area contributed by atoms with E-state index in [1.165, 1.54) is 11.1 Å². The Hall–Kier alpha value is -1.86. The third-order valence-corrected chi connectivity index (χ3v) is 3.16. The minimum Gasteiger partial charge on any atom is -0.392 e. The predicted octanol–water partition coefficient (Wildman–Crippen LogP) is 3.86. The Morgan fingerprint density at radius 3 is 2.22 bits per heavy atom. The van der Waals surface area contributed by atoms with Gasteiger partial charge in [0.25, 0.3) is 0 Å². The van der Waals surface area contributed by atoms with Crippen molar-refractivity contribution in [1.82, 2.24) is 0 Å². The van der Waals surface area contributed by atoms with Crippen molar-refractivity contribution in [2.24, 2.45) is 0 Å². The van der Waals surface area contributed by atoms with Gasteiger partial charge in [-0.3, -0.25) is 0 Å². The molecule has 2 aromatic carbocycles. The van der Waals surface area contributed by atoms with Gasteiger partial charge in [0.15, 0.2) is 0 Å². The summed E-state index contributed by atoms with van der Waals surface area (Å²) in [4.78, 5) is 0. The highest BCUT2D eigenvalue weighted by Crippen LogP contribution is 2.26. The van der Waals surface area contributed by atoms with Crippen LogP contribution in [0.3, 0.4) is 0 Å². The first-order valence-electron chi connectivity index (χ1n) is 6.08. The lowest BCUT2D eigenvalue weighted by Gasteiger charge is -2.12. The molecule has 0 fully saturated rings. The predicted molar refractivity (Wildman–Crippen MR) is 76.4 cm³/mol. The number of rotatable bonds is 3. The van der Waals surface area contributed by atoms with E-state index in [-0.39, 0.29) is 6.61 Å². The number of aliphatic hydroxyl groups excluding tert-OH is 1. The molecule has 0 unspecified atom stereocenters. The summed E-state index contributed by atoms with van der Waals surface area (Å²) < 4.78 is 0. The van der Waals surface area contributed by atoms with Gasteiger partial charge in [0.1, 0.15) is 0 Å². The SMILES string of the molecule is C=C(c1ccc(C)cc1)c1cc(C)ccc1CO. The molecule has 0 saturated heterocycles. The lowest BCUT2D eigenvalue weighted by atomic mass is 9.93. The number of aryl methyl sites for hydroxylation is 2. The monoisotopic (exact) mass is 238 g/mol. The summed E-state index contributed by atoms with van der Waals surface area (Å²) in [5.41, 5.74) is 6.42. The van der Waals surface area contributed by atoms with Crippen molar-refractivity contribution >= 4 is 5.57 Å². The highest BCUT2D eigenvalue weighted by Gasteiger charge is 2.07. The molecule has 0 spiro atoms. The molecular formula is C17H18O. The summed E-state index contributed by atoms with van der Waals surface area (Å²) in [5, 5.41) is 9.41. The van der Waals surface area contributed by atoms with Crippen molar-refractivity contribution in [3.63, 3.8) is 0 Å². The van der Waals surface area contributed by atoms with Gasteiger partial charge >= 0.3 is 0 Å². The van der Waals surface area contributed by atoms with Crippen LogP contribution in [-0.2, 0) is 6.61 Å². The Labute approximate surface area is 108 Å². The third kappa shape index (κ3) is 2.52. The molecule has 2 aromatic rings. The number of hydrogen-bond donors (Lipinski definition) is 1. The molecule has 0 atom stereocenters. The van der Waals surface area contributed by atoms with E-state index in [1.807, 2.05) is 19.1 Å². The zero-order valence-electron chi connectivity index (χ0n) is 10.9.